The fourth-order valence-electron chi connectivity index (χ4n) is 1.49. The van der Waals surface area contributed by atoms with E-state index in [1.165, 1.54) is 14.2 Å². The Morgan fingerprint density at radius 1 is 1.38 bits per heavy atom. The SMILES string of the molecule is COP(=O)(OC)C(C)c1ccc(Br)cc1N. The molecule has 0 fully saturated rings. The highest BCUT2D eigenvalue weighted by Crippen LogP contribution is 2.60. The van der Waals surface area contributed by atoms with Crippen LogP contribution in [0, 0.1) is 0 Å². The predicted octanol–water partition coefficient (Wildman–Crippen LogP) is 3.58. The van der Waals surface area contributed by atoms with Crippen LogP contribution in [0.5, 0.6) is 0 Å². The van der Waals surface area contributed by atoms with Crippen LogP contribution in [-0.2, 0) is 13.6 Å². The highest BCUT2D eigenvalue weighted by molar-refractivity contribution is 9.10. The van der Waals surface area contributed by atoms with Crippen LogP contribution in [0.2, 0.25) is 0 Å². The number of benzene rings is 1. The van der Waals surface area contributed by atoms with E-state index in [-0.39, 0.29) is 0 Å². The maximum Gasteiger partial charge on any atom is 0.337 e. The zero-order valence-corrected chi connectivity index (χ0v) is 11.9. The summed E-state index contributed by atoms with van der Waals surface area (Å²) in [5.41, 5.74) is 6.80. The fraction of sp³-hybridized carbons (Fsp3) is 0.400. The van der Waals surface area contributed by atoms with Gasteiger partial charge in [0.15, 0.2) is 0 Å². The molecular formula is C10H15BrNO3P. The molecule has 2 N–H and O–H groups in total. The van der Waals surface area contributed by atoms with Crippen molar-refractivity contribution in [3.8, 4) is 0 Å². The molecule has 1 unspecified atom stereocenters. The Morgan fingerprint density at radius 3 is 2.38 bits per heavy atom. The lowest BCUT2D eigenvalue weighted by Gasteiger charge is -2.22. The van der Waals surface area contributed by atoms with Crippen molar-refractivity contribution in [2.75, 3.05) is 20.0 Å². The summed E-state index contributed by atoms with van der Waals surface area (Å²) in [7, 11) is -0.390. The van der Waals surface area contributed by atoms with Gasteiger partial charge in [0.25, 0.3) is 0 Å². The third kappa shape index (κ3) is 2.66. The minimum Gasteiger partial charge on any atom is -0.398 e. The Balaban J connectivity index is 3.14. The van der Waals surface area contributed by atoms with E-state index in [0.29, 0.717) is 5.69 Å². The topological polar surface area (TPSA) is 61.5 Å². The molecule has 6 heteroatoms. The van der Waals surface area contributed by atoms with E-state index >= 15 is 0 Å². The Labute approximate surface area is 104 Å². The molecule has 0 aliphatic rings. The first-order valence-electron chi connectivity index (χ1n) is 4.70. The van der Waals surface area contributed by atoms with Crippen LogP contribution in [-0.4, -0.2) is 14.2 Å². The van der Waals surface area contributed by atoms with Crippen LogP contribution in [0.4, 0.5) is 5.69 Å². The van der Waals surface area contributed by atoms with Crippen LogP contribution in [0.3, 0.4) is 0 Å². The van der Waals surface area contributed by atoms with Gasteiger partial charge in [-0.25, -0.2) is 0 Å². The zero-order valence-electron chi connectivity index (χ0n) is 9.44. The number of hydrogen-bond acceptors (Lipinski definition) is 4. The summed E-state index contributed by atoms with van der Waals surface area (Å²) in [5.74, 6) is 0. The Bertz CT molecular complexity index is 417. The fourth-order valence-corrected chi connectivity index (χ4v) is 3.22. The Hall–Kier alpha value is -0.350. The predicted molar refractivity (Wildman–Crippen MR) is 68.6 cm³/mol. The normalized spacial score (nSPS) is 13.8. The lowest BCUT2D eigenvalue weighted by Crippen LogP contribution is -2.03. The van der Waals surface area contributed by atoms with Crippen molar-refractivity contribution >= 4 is 29.2 Å². The van der Waals surface area contributed by atoms with Gasteiger partial charge < -0.3 is 14.8 Å². The van der Waals surface area contributed by atoms with Crippen molar-refractivity contribution in [2.24, 2.45) is 0 Å². The van der Waals surface area contributed by atoms with Crippen molar-refractivity contribution in [2.45, 2.75) is 12.6 Å². The van der Waals surface area contributed by atoms with Crippen LogP contribution in [0.15, 0.2) is 22.7 Å². The van der Waals surface area contributed by atoms with Crippen LogP contribution >= 0.6 is 23.5 Å². The van der Waals surface area contributed by atoms with Gasteiger partial charge in [0, 0.05) is 24.4 Å². The number of rotatable bonds is 4. The lowest BCUT2D eigenvalue weighted by atomic mass is 10.1. The van der Waals surface area contributed by atoms with Crippen molar-refractivity contribution < 1.29 is 13.6 Å². The molecule has 0 heterocycles. The van der Waals surface area contributed by atoms with Gasteiger partial charge in [-0.2, -0.15) is 0 Å². The largest absolute Gasteiger partial charge is 0.398 e. The molecule has 0 radical (unpaired) electrons. The molecule has 0 aliphatic heterocycles. The molecule has 16 heavy (non-hydrogen) atoms. The molecular weight excluding hydrogens is 293 g/mol. The summed E-state index contributed by atoms with van der Waals surface area (Å²) in [5, 5.41) is 0. The molecule has 0 saturated carbocycles. The van der Waals surface area contributed by atoms with Crippen molar-refractivity contribution in [1.82, 2.24) is 0 Å². The second-order valence-corrected chi connectivity index (χ2v) is 6.85. The molecule has 1 aromatic rings. The van der Waals surface area contributed by atoms with Crippen molar-refractivity contribution in [1.29, 1.82) is 0 Å². The first-order chi connectivity index (χ1) is 7.44. The molecule has 1 atom stereocenters. The summed E-state index contributed by atoms with van der Waals surface area (Å²) < 4.78 is 23.0. The van der Waals surface area contributed by atoms with Gasteiger partial charge in [0.05, 0.1) is 5.66 Å². The van der Waals surface area contributed by atoms with E-state index in [0.717, 1.165) is 10.0 Å². The van der Waals surface area contributed by atoms with Crippen molar-refractivity contribution in [3.63, 3.8) is 0 Å². The molecule has 0 aliphatic carbocycles. The highest BCUT2D eigenvalue weighted by atomic mass is 79.9. The van der Waals surface area contributed by atoms with Gasteiger partial charge in [0.2, 0.25) is 0 Å². The standard InChI is InChI=1S/C10H15BrNO3P/c1-7(16(13,14-2)15-3)9-5-4-8(11)6-10(9)12/h4-7H,12H2,1-3H3. The molecule has 0 aromatic heterocycles. The van der Waals surface area contributed by atoms with Gasteiger partial charge in [-0.15, -0.1) is 0 Å². The average Bonchev–Trinajstić information content (AvgIpc) is 2.27. The number of anilines is 1. The van der Waals surface area contributed by atoms with Crippen molar-refractivity contribution in [3.05, 3.63) is 28.2 Å². The summed E-state index contributed by atoms with van der Waals surface area (Å²) in [4.78, 5) is 0. The summed E-state index contributed by atoms with van der Waals surface area (Å²) in [6.45, 7) is 1.77. The van der Waals surface area contributed by atoms with Gasteiger partial charge in [-0.3, -0.25) is 4.57 Å². The number of hydrogen-bond donors (Lipinski definition) is 1. The molecule has 0 amide bonds. The third-order valence-corrected chi connectivity index (χ3v) is 5.22. The Kier molecular flexibility index (Phi) is 4.56. The molecule has 0 saturated heterocycles. The maximum atomic E-state index is 12.2. The number of nitrogen functional groups attached to an aromatic ring is 1. The highest BCUT2D eigenvalue weighted by Gasteiger charge is 2.32. The van der Waals surface area contributed by atoms with E-state index in [2.05, 4.69) is 15.9 Å². The summed E-state index contributed by atoms with van der Waals surface area (Å²) in [6.07, 6.45) is 0. The van der Waals surface area contributed by atoms with Crippen LogP contribution < -0.4 is 5.73 Å². The van der Waals surface area contributed by atoms with E-state index < -0.39 is 13.3 Å². The van der Waals surface area contributed by atoms with Crippen LogP contribution in [0.1, 0.15) is 18.1 Å². The second-order valence-electron chi connectivity index (χ2n) is 3.35. The first kappa shape index (κ1) is 13.7. The Morgan fingerprint density at radius 2 is 1.94 bits per heavy atom. The second kappa shape index (κ2) is 5.32. The van der Waals surface area contributed by atoms with Gasteiger partial charge in [-0.05, 0) is 24.6 Å². The molecule has 0 bridgehead atoms. The minimum absolute atomic E-state index is 0.393. The van der Waals surface area contributed by atoms with Crippen LogP contribution in [0.25, 0.3) is 0 Å². The number of halogens is 1. The average molecular weight is 308 g/mol. The number of nitrogens with two attached hydrogens (primary N) is 1. The zero-order chi connectivity index (χ0) is 12.3. The van der Waals surface area contributed by atoms with Gasteiger partial charge >= 0.3 is 7.60 Å². The van der Waals surface area contributed by atoms with Gasteiger partial charge in [0.1, 0.15) is 0 Å². The quantitative estimate of drug-likeness (QED) is 0.682. The van der Waals surface area contributed by atoms with E-state index in [9.17, 15) is 4.57 Å². The third-order valence-electron chi connectivity index (χ3n) is 2.48. The summed E-state index contributed by atoms with van der Waals surface area (Å²) >= 11 is 3.32. The van der Waals surface area contributed by atoms with E-state index in [4.69, 9.17) is 14.8 Å². The maximum absolute atomic E-state index is 12.2. The summed E-state index contributed by atoms with van der Waals surface area (Å²) in [6, 6.07) is 5.42. The monoisotopic (exact) mass is 307 g/mol. The molecule has 0 spiro atoms. The van der Waals surface area contributed by atoms with E-state index in [1.807, 2.05) is 12.1 Å². The van der Waals surface area contributed by atoms with Gasteiger partial charge in [-0.1, -0.05) is 22.0 Å². The van der Waals surface area contributed by atoms with E-state index in [1.54, 1.807) is 13.0 Å². The molecule has 1 rings (SSSR count). The first-order valence-corrected chi connectivity index (χ1v) is 7.11. The lowest BCUT2D eigenvalue weighted by molar-refractivity contribution is 0.267. The molecule has 90 valence electrons. The minimum atomic E-state index is -3.13. The molecule has 4 nitrogen and oxygen atoms in total. The smallest absolute Gasteiger partial charge is 0.337 e. The molecule has 1 aromatic carbocycles.